The standard InChI is InChI=1S/C7H12N2O/c1-3-7(6-8-2)9-4-5-10/h3,6,9-10H,1-2,4-5H2/b7-6+. The Labute approximate surface area is 60.8 Å². The fourth-order valence-corrected chi connectivity index (χ4v) is 0.469. The van der Waals surface area contributed by atoms with Crippen molar-refractivity contribution < 1.29 is 5.11 Å². The number of hydrogen-bond acceptors (Lipinski definition) is 3. The second kappa shape index (κ2) is 6.04. The minimum Gasteiger partial charge on any atom is -0.395 e. The molecule has 0 saturated heterocycles. The van der Waals surface area contributed by atoms with Crippen molar-refractivity contribution in [3.8, 4) is 0 Å². The number of nitrogens with one attached hydrogen (secondary N) is 1. The van der Waals surface area contributed by atoms with E-state index in [2.05, 4.69) is 23.6 Å². The van der Waals surface area contributed by atoms with Crippen molar-refractivity contribution in [3.05, 3.63) is 24.6 Å². The molecule has 0 spiro atoms. The first-order valence-electron chi connectivity index (χ1n) is 2.98. The van der Waals surface area contributed by atoms with E-state index >= 15 is 0 Å². The lowest BCUT2D eigenvalue weighted by Crippen LogP contribution is -2.15. The van der Waals surface area contributed by atoms with Crippen molar-refractivity contribution in [2.45, 2.75) is 0 Å². The summed E-state index contributed by atoms with van der Waals surface area (Å²) in [6, 6.07) is 0. The van der Waals surface area contributed by atoms with Crippen molar-refractivity contribution in [2.24, 2.45) is 4.99 Å². The Bertz CT molecular complexity index is 141. The lowest BCUT2D eigenvalue weighted by Gasteiger charge is -2.01. The van der Waals surface area contributed by atoms with Gasteiger partial charge in [0.1, 0.15) is 0 Å². The van der Waals surface area contributed by atoms with Gasteiger partial charge in [0.15, 0.2) is 0 Å². The van der Waals surface area contributed by atoms with Gasteiger partial charge in [0, 0.05) is 12.7 Å². The average molecular weight is 140 g/mol. The Morgan fingerprint density at radius 1 is 1.70 bits per heavy atom. The fraction of sp³-hybridized carbons (Fsp3) is 0.286. The molecule has 2 N–H and O–H groups in total. The molecular formula is C7H12N2O. The topological polar surface area (TPSA) is 44.6 Å². The highest BCUT2D eigenvalue weighted by Gasteiger charge is 1.85. The van der Waals surface area contributed by atoms with Crippen LogP contribution < -0.4 is 5.32 Å². The molecule has 3 heteroatoms. The Morgan fingerprint density at radius 3 is 2.80 bits per heavy atom. The highest BCUT2D eigenvalue weighted by molar-refractivity contribution is 5.27. The SMILES string of the molecule is C=C/C(=C\N=C)NCCO. The van der Waals surface area contributed by atoms with Gasteiger partial charge in [-0.25, -0.2) is 0 Å². The van der Waals surface area contributed by atoms with Gasteiger partial charge < -0.3 is 10.4 Å². The summed E-state index contributed by atoms with van der Waals surface area (Å²) in [7, 11) is 0. The van der Waals surface area contributed by atoms with Crippen molar-refractivity contribution in [1.29, 1.82) is 0 Å². The molecule has 0 atom stereocenters. The van der Waals surface area contributed by atoms with Crippen LogP contribution in [-0.4, -0.2) is 25.0 Å². The van der Waals surface area contributed by atoms with E-state index in [-0.39, 0.29) is 6.61 Å². The Morgan fingerprint density at radius 2 is 2.40 bits per heavy atom. The first kappa shape index (κ1) is 8.91. The van der Waals surface area contributed by atoms with Gasteiger partial charge in [-0.3, -0.25) is 4.99 Å². The molecule has 0 aliphatic heterocycles. The van der Waals surface area contributed by atoms with Crippen LogP contribution in [0, 0.1) is 0 Å². The van der Waals surface area contributed by atoms with E-state index in [0.29, 0.717) is 6.54 Å². The molecule has 0 rings (SSSR count). The number of hydrogen-bond donors (Lipinski definition) is 2. The molecule has 0 fully saturated rings. The summed E-state index contributed by atoms with van der Waals surface area (Å²) >= 11 is 0. The molecule has 0 aromatic heterocycles. The van der Waals surface area contributed by atoms with E-state index in [4.69, 9.17) is 5.11 Å². The van der Waals surface area contributed by atoms with Crippen LogP contribution in [0.5, 0.6) is 0 Å². The summed E-state index contributed by atoms with van der Waals surface area (Å²) in [5.74, 6) is 0. The van der Waals surface area contributed by atoms with Gasteiger partial charge in [0.25, 0.3) is 0 Å². The van der Waals surface area contributed by atoms with E-state index in [1.165, 1.54) is 0 Å². The number of allylic oxidation sites excluding steroid dienone is 1. The van der Waals surface area contributed by atoms with Gasteiger partial charge in [-0.05, 0) is 12.8 Å². The molecule has 0 amide bonds. The summed E-state index contributed by atoms with van der Waals surface area (Å²) in [5.41, 5.74) is 0.768. The van der Waals surface area contributed by atoms with E-state index in [1.54, 1.807) is 12.3 Å². The van der Waals surface area contributed by atoms with Gasteiger partial charge in [-0.1, -0.05) is 6.58 Å². The molecule has 0 aliphatic carbocycles. The molecule has 0 aliphatic rings. The largest absolute Gasteiger partial charge is 0.395 e. The van der Waals surface area contributed by atoms with E-state index in [9.17, 15) is 0 Å². The van der Waals surface area contributed by atoms with Crippen LogP contribution in [0.1, 0.15) is 0 Å². The summed E-state index contributed by atoms with van der Waals surface area (Å²) in [4.78, 5) is 3.53. The Balaban J connectivity index is 3.70. The van der Waals surface area contributed by atoms with Crippen LogP contribution in [0.3, 0.4) is 0 Å². The van der Waals surface area contributed by atoms with Crippen LogP contribution in [-0.2, 0) is 0 Å². The third-order valence-corrected chi connectivity index (χ3v) is 0.891. The van der Waals surface area contributed by atoms with Crippen LogP contribution in [0.25, 0.3) is 0 Å². The minimum atomic E-state index is 0.0995. The summed E-state index contributed by atoms with van der Waals surface area (Å²) < 4.78 is 0. The molecule has 0 saturated carbocycles. The molecule has 3 nitrogen and oxygen atoms in total. The lowest BCUT2D eigenvalue weighted by atomic mass is 10.4. The predicted molar refractivity (Wildman–Crippen MR) is 42.9 cm³/mol. The molecule has 0 aromatic carbocycles. The third-order valence-electron chi connectivity index (χ3n) is 0.891. The van der Waals surface area contributed by atoms with Gasteiger partial charge in [0.05, 0.1) is 12.3 Å². The normalized spacial score (nSPS) is 10.7. The van der Waals surface area contributed by atoms with Crippen LogP contribution in [0.15, 0.2) is 29.5 Å². The first-order valence-corrected chi connectivity index (χ1v) is 2.98. The molecule has 0 unspecified atom stereocenters. The second-order valence-electron chi connectivity index (χ2n) is 1.62. The van der Waals surface area contributed by atoms with Crippen molar-refractivity contribution in [3.63, 3.8) is 0 Å². The molecule has 0 bridgehead atoms. The maximum Gasteiger partial charge on any atom is 0.0604 e. The number of nitrogens with zero attached hydrogens (tertiary/aromatic N) is 1. The molecule has 10 heavy (non-hydrogen) atoms. The fourth-order valence-electron chi connectivity index (χ4n) is 0.469. The maximum absolute atomic E-state index is 8.41. The van der Waals surface area contributed by atoms with E-state index in [0.717, 1.165) is 5.70 Å². The molecule has 56 valence electrons. The van der Waals surface area contributed by atoms with Crippen LogP contribution in [0.4, 0.5) is 0 Å². The van der Waals surface area contributed by atoms with Crippen molar-refractivity contribution >= 4 is 6.72 Å². The quantitative estimate of drug-likeness (QED) is 0.426. The minimum absolute atomic E-state index is 0.0995. The molecule has 0 aromatic rings. The predicted octanol–water partition coefficient (Wildman–Crippen LogP) is 0.296. The average Bonchev–Trinajstić information content (AvgIpc) is 1.98. The van der Waals surface area contributed by atoms with Crippen molar-refractivity contribution in [2.75, 3.05) is 13.2 Å². The molecule has 0 heterocycles. The lowest BCUT2D eigenvalue weighted by molar-refractivity contribution is 0.297. The monoisotopic (exact) mass is 140 g/mol. The number of aliphatic imine (C=N–C) groups is 1. The second-order valence-corrected chi connectivity index (χ2v) is 1.62. The number of rotatable bonds is 5. The zero-order chi connectivity index (χ0) is 7.82. The maximum atomic E-state index is 8.41. The Hall–Kier alpha value is -1.09. The number of aliphatic hydroxyl groups is 1. The summed E-state index contributed by atoms with van der Waals surface area (Å²) in [6.07, 6.45) is 3.16. The van der Waals surface area contributed by atoms with Gasteiger partial charge in [-0.2, -0.15) is 0 Å². The smallest absolute Gasteiger partial charge is 0.0604 e. The van der Waals surface area contributed by atoms with Gasteiger partial charge in [0.2, 0.25) is 0 Å². The summed E-state index contributed by atoms with van der Waals surface area (Å²) in [6.45, 7) is 7.42. The molecular weight excluding hydrogens is 128 g/mol. The summed E-state index contributed by atoms with van der Waals surface area (Å²) in [5, 5.41) is 11.3. The highest BCUT2D eigenvalue weighted by atomic mass is 16.3. The molecule has 0 radical (unpaired) electrons. The zero-order valence-electron chi connectivity index (χ0n) is 5.88. The van der Waals surface area contributed by atoms with E-state index < -0.39 is 0 Å². The third kappa shape index (κ3) is 3.86. The Kier molecular flexibility index (Phi) is 5.38. The highest BCUT2D eigenvalue weighted by Crippen LogP contribution is 1.88. The van der Waals surface area contributed by atoms with Gasteiger partial charge >= 0.3 is 0 Å². The van der Waals surface area contributed by atoms with E-state index in [1.807, 2.05) is 0 Å². The number of aliphatic hydroxyl groups excluding tert-OH is 1. The van der Waals surface area contributed by atoms with Crippen LogP contribution in [0.2, 0.25) is 0 Å². The van der Waals surface area contributed by atoms with Gasteiger partial charge in [-0.15, -0.1) is 0 Å². The zero-order valence-corrected chi connectivity index (χ0v) is 5.88. The van der Waals surface area contributed by atoms with Crippen LogP contribution >= 0.6 is 0 Å². The van der Waals surface area contributed by atoms with Crippen molar-refractivity contribution in [1.82, 2.24) is 5.32 Å². The first-order chi connectivity index (χ1) is 4.85.